The Hall–Kier alpha value is -4.24. The highest BCUT2D eigenvalue weighted by Gasteiger charge is 2.46. The van der Waals surface area contributed by atoms with Crippen molar-refractivity contribution in [3.05, 3.63) is 124 Å². The van der Waals surface area contributed by atoms with Crippen LogP contribution in [0.5, 0.6) is 0 Å². The van der Waals surface area contributed by atoms with Gasteiger partial charge in [-0.1, -0.05) is 55.3 Å². The lowest BCUT2D eigenvalue weighted by Crippen LogP contribution is -2.61. The highest BCUT2D eigenvalue weighted by atomic mass is 15.2. The van der Waals surface area contributed by atoms with Gasteiger partial charge in [-0.05, 0) is 200 Å². The molecule has 4 fully saturated rings. The van der Waals surface area contributed by atoms with E-state index < -0.39 is 6.85 Å². The van der Waals surface area contributed by atoms with Crippen LogP contribution in [0.15, 0.2) is 91.0 Å². The minimum atomic E-state index is -2.27. The number of rotatable bonds is 4. The zero-order valence-corrected chi connectivity index (χ0v) is 30.3. The van der Waals surface area contributed by atoms with Crippen molar-refractivity contribution >= 4 is 57.2 Å². The van der Waals surface area contributed by atoms with Crippen LogP contribution in [0.2, 0.25) is 0 Å². The topological polar surface area (TPSA) is 6.48 Å². The number of fused-ring (bicyclic) bond motifs is 8. The van der Waals surface area contributed by atoms with Crippen molar-refractivity contribution in [1.82, 2.24) is 0 Å². The Morgan fingerprint density at radius 2 is 1.14 bits per heavy atom. The lowest BCUT2D eigenvalue weighted by molar-refractivity contribution is 0.420. The molecule has 6 atom stereocenters. The first kappa shape index (κ1) is 27.4. The minimum Gasteiger partial charge on any atom is -0.311 e. The van der Waals surface area contributed by atoms with Crippen molar-refractivity contribution in [1.29, 1.82) is 0 Å². The van der Waals surface area contributed by atoms with E-state index in [1.165, 1.54) is 101 Å². The Kier molecular flexibility index (Phi) is 5.99. The lowest BCUT2D eigenvalue weighted by atomic mass is 9.33. The average Bonchev–Trinajstić information content (AvgIpc) is 3.98. The zero-order valence-electron chi connectivity index (χ0n) is 33.3. The average molecular weight is 668 g/mol. The minimum absolute atomic E-state index is 0.0171. The van der Waals surface area contributed by atoms with E-state index in [0.29, 0.717) is 17.4 Å². The highest BCUT2D eigenvalue weighted by molar-refractivity contribution is 7.00. The number of benzene rings is 5. The number of aryl methyl sites for hydroxylation is 4. The SMILES string of the molecule is [2H]C([2H])([2H])c1cc2c3c(c1)N(c1cc(C)cc(C)c1)c1cc(C)ccc1B3c1cc(C3CC4CCC3C4)ccc1N2c1ccc(C2CC3CCC2C3)cc1. The monoisotopic (exact) mass is 667 g/mol. The Morgan fingerprint density at radius 1 is 0.510 bits per heavy atom. The van der Waals surface area contributed by atoms with Crippen molar-refractivity contribution in [3.8, 4) is 0 Å². The van der Waals surface area contributed by atoms with E-state index in [0.717, 1.165) is 52.1 Å². The molecule has 0 spiro atoms. The van der Waals surface area contributed by atoms with Crippen LogP contribution in [0.25, 0.3) is 0 Å². The molecule has 11 rings (SSSR count). The first-order valence-electron chi connectivity index (χ1n) is 21.3. The first-order chi connectivity index (χ1) is 26.1. The zero-order chi connectivity index (χ0) is 36.6. The van der Waals surface area contributed by atoms with Crippen molar-refractivity contribution < 1.29 is 4.11 Å². The summed E-state index contributed by atoms with van der Waals surface area (Å²) in [7, 11) is 0. The fourth-order valence-corrected chi connectivity index (χ4v) is 12.2. The summed E-state index contributed by atoms with van der Waals surface area (Å²) in [4.78, 5) is 4.78. The van der Waals surface area contributed by atoms with Gasteiger partial charge in [-0.3, -0.25) is 0 Å². The van der Waals surface area contributed by atoms with E-state index in [-0.39, 0.29) is 6.71 Å². The maximum atomic E-state index is 8.79. The summed E-state index contributed by atoms with van der Waals surface area (Å²) in [6.45, 7) is 4.19. The molecule has 51 heavy (non-hydrogen) atoms. The predicted octanol–water partition coefficient (Wildman–Crippen LogP) is 10.8. The van der Waals surface area contributed by atoms with E-state index in [1.807, 2.05) is 12.1 Å². The van der Waals surface area contributed by atoms with Crippen molar-refractivity contribution in [2.24, 2.45) is 23.7 Å². The second-order valence-electron chi connectivity index (χ2n) is 17.4. The molecule has 2 heterocycles. The molecule has 6 aliphatic rings. The summed E-state index contributed by atoms with van der Waals surface area (Å²) < 4.78 is 26.4. The summed E-state index contributed by atoms with van der Waals surface area (Å²) in [6.07, 6.45) is 10.9. The maximum Gasteiger partial charge on any atom is 0.252 e. The molecule has 0 saturated heterocycles. The molecule has 3 heteroatoms. The fourth-order valence-electron chi connectivity index (χ4n) is 12.2. The molecule has 4 aliphatic carbocycles. The molecule has 2 aliphatic heterocycles. The summed E-state index contributed by atoms with van der Waals surface area (Å²) in [6, 6.07) is 34.4. The lowest BCUT2D eigenvalue weighted by Gasteiger charge is -2.45. The molecule has 0 amide bonds. The van der Waals surface area contributed by atoms with E-state index in [2.05, 4.69) is 109 Å². The van der Waals surface area contributed by atoms with E-state index >= 15 is 0 Å². The van der Waals surface area contributed by atoms with Crippen LogP contribution >= 0.6 is 0 Å². The summed E-state index contributed by atoms with van der Waals surface area (Å²) in [5.41, 5.74) is 17.2. The highest BCUT2D eigenvalue weighted by Crippen LogP contribution is 2.55. The second-order valence-corrected chi connectivity index (χ2v) is 17.4. The van der Waals surface area contributed by atoms with Gasteiger partial charge < -0.3 is 9.80 Å². The Balaban J connectivity index is 1.17. The predicted molar refractivity (Wildman–Crippen MR) is 216 cm³/mol. The molecule has 6 unspecified atom stereocenters. The quantitative estimate of drug-likeness (QED) is 0.172. The Labute approximate surface area is 309 Å². The van der Waals surface area contributed by atoms with Gasteiger partial charge in [-0.2, -0.15) is 0 Å². The molecule has 5 aromatic carbocycles. The van der Waals surface area contributed by atoms with Gasteiger partial charge in [0.2, 0.25) is 0 Å². The van der Waals surface area contributed by atoms with Crippen molar-refractivity contribution in [2.45, 2.75) is 90.8 Å². The number of nitrogens with zero attached hydrogens (tertiary/aromatic N) is 2. The maximum absolute atomic E-state index is 8.79. The van der Waals surface area contributed by atoms with Crippen LogP contribution in [-0.4, -0.2) is 6.71 Å². The standard InChI is InChI=1S/C48H49BN2/c1-28-5-15-42-45(20-28)51(39-18-29(2)17-30(3)19-39)47-22-31(4)21-46-48(47)49(42)43-27-37(41-26-33-7-9-36(41)24-33)12-16-44(43)50(46)38-13-10-34(11-14-38)40-25-32-6-8-35(40)23-32/h5,10-22,27,32-33,35-36,40-41H,6-9,23-26H2,1-4H3/i4D3. The first-order valence-corrected chi connectivity index (χ1v) is 19.8. The summed E-state index contributed by atoms with van der Waals surface area (Å²) in [5, 5.41) is 0. The number of hydrogen-bond acceptors (Lipinski definition) is 2. The van der Waals surface area contributed by atoms with Gasteiger partial charge in [-0.25, -0.2) is 0 Å². The van der Waals surface area contributed by atoms with Crippen LogP contribution in [-0.2, 0) is 0 Å². The van der Waals surface area contributed by atoms with Crippen LogP contribution in [0.1, 0.15) is 101 Å². The van der Waals surface area contributed by atoms with Crippen LogP contribution < -0.4 is 26.2 Å². The van der Waals surface area contributed by atoms with E-state index in [4.69, 9.17) is 4.11 Å². The van der Waals surface area contributed by atoms with E-state index in [1.54, 1.807) is 0 Å². The molecular formula is C48H49BN2. The Bertz CT molecular complexity index is 2330. The van der Waals surface area contributed by atoms with Gasteiger partial charge >= 0.3 is 0 Å². The van der Waals surface area contributed by atoms with Crippen molar-refractivity contribution in [2.75, 3.05) is 9.80 Å². The smallest absolute Gasteiger partial charge is 0.252 e. The third kappa shape index (κ3) is 4.62. The van der Waals surface area contributed by atoms with Crippen LogP contribution in [0.4, 0.5) is 34.1 Å². The van der Waals surface area contributed by atoms with Gasteiger partial charge in [-0.15, -0.1) is 0 Å². The molecule has 4 saturated carbocycles. The molecule has 0 aromatic heterocycles. The molecule has 0 N–H and O–H groups in total. The van der Waals surface area contributed by atoms with Gasteiger partial charge in [0, 0.05) is 38.2 Å². The molecular weight excluding hydrogens is 615 g/mol. The number of hydrogen-bond donors (Lipinski definition) is 0. The third-order valence-corrected chi connectivity index (χ3v) is 14.2. The fraction of sp³-hybridized carbons (Fsp3) is 0.375. The van der Waals surface area contributed by atoms with E-state index in [9.17, 15) is 0 Å². The molecule has 4 bridgehead atoms. The van der Waals surface area contributed by atoms with Gasteiger partial charge in [0.15, 0.2) is 0 Å². The van der Waals surface area contributed by atoms with Crippen molar-refractivity contribution in [3.63, 3.8) is 0 Å². The van der Waals surface area contributed by atoms with Gasteiger partial charge in [0.1, 0.15) is 0 Å². The second kappa shape index (κ2) is 11.1. The van der Waals surface area contributed by atoms with Crippen LogP contribution in [0, 0.1) is 51.3 Å². The normalized spacial score (nSPS) is 27.6. The van der Waals surface area contributed by atoms with Gasteiger partial charge in [0.05, 0.1) is 0 Å². The summed E-state index contributed by atoms with van der Waals surface area (Å²) >= 11 is 0. The van der Waals surface area contributed by atoms with Crippen LogP contribution in [0.3, 0.4) is 0 Å². The summed E-state index contributed by atoms with van der Waals surface area (Å²) in [5.74, 6) is 4.67. The molecule has 5 aromatic rings. The molecule has 254 valence electrons. The van der Waals surface area contributed by atoms with Gasteiger partial charge in [0.25, 0.3) is 6.71 Å². The Morgan fingerprint density at radius 3 is 1.76 bits per heavy atom. The molecule has 2 nitrogen and oxygen atoms in total. The molecule has 0 radical (unpaired) electrons. The number of anilines is 6. The third-order valence-electron chi connectivity index (χ3n) is 14.2. The largest absolute Gasteiger partial charge is 0.311 e.